The molecule has 2 aromatic heterocycles. The first-order chi connectivity index (χ1) is 16.2. The summed E-state index contributed by atoms with van der Waals surface area (Å²) in [6, 6.07) is 10.1. The topological polar surface area (TPSA) is 88.4 Å². The molecule has 2 heterocycles. The van der Waals surface area contributed by atoms with Crippen LogP contribution in [-0.4, -0.2) is 21.6 Å². The van der Waals surface area contributed by atoms with Gasteiger partial charge in [-0.15, -0.1) is 11.3 Å². The molecule has 1 saturated carbocycles. The van der Waals surface area contributed by atoms with Gasteiger partial charge in [0.2, 0.25) is 5.91 Å². The molecular weight excluding hydrogens is 448 g/mol. The van der Waals surface area contributed by atoms with Crippen LogP contribution < -0.4 is 10.9 Å². The lowest BCUT2D eigenvalue weighted by Crippen LogP contribution is -2.39. The summed E-state index contributed by atoms with van der Waals surface area (Å²) in [7, 11) is 0. The van der Waals surface area contributed by atoms with Gasteiger partial charge in [0.15, 0.2) is 0 Å². The third-order valence-electron chi connectivity index (χ3n) is 6.44. The summed E-state index contributed by atoms with van der Waals surface area (Å²) >= 11 is 1.54. The van der Waals surface area contributed by atoms with E-state index in [9.17, 15) is 19.5 Å². The number of rotatable bonds is 9. The van der Waals surface area contributed by atoms with Crippen molar-refractivity contribution in [1.29, 1.82) is 0 Å². The third kappa shape index (κ3) is 5.47. The van der Waals surface area contributed by atoms with Crippen molar-refractivity contribution >= 4 is 23.2 Å². The maximum absolute atomic E-state index is 13.4. The minimum Gasteiger partial charge on any atom is -0.481 e. The average molecular weight is 479 g/mol. The molecule has 34 heavy (non-hydrogen) atoms. The Balaban J connectivity index is 1.62. The summed E-state index contributed by atoms with van der Waals surface area (Å²) in [6.07, 6.45) is 4.11. The molecule has 1 aromatic carbocycles. The maximum Gasteiger partial charge on any atom is 0.305 e. The van der Waals surface area contributed by atoms with Crippen molar-refractivity contribution in [3.8, 4) is 10.4 Å². The number of nitrogens with zero attached hydrogens (tertiary/aromatic N) is 1. The van der Waals surface area contributed by atoms with Crippen molar-refractivity contribution in [2.45, 2.75) is 58.5 Å². The highest BCUT2D eigenvalue weighted by atomic mass is 32.1. The number of nitrogens with one attached hydrogen (secondary N) is 1. The van der Waals surface area contributed by atoms with Crippen LogP contribution in [0.15, 0.2) is 52.8 Å². The molecule has 6 nitrogen and oxygen atoms in total. The molecule has 1 aliphatic carbocycles. The van der Waals surface area contributed by atoms with Crippen LogP contribution in [0.1, 0.15) is 60.0 Å². The van der Waals surface area contributed by atoms with Crippen LogP contribution in [0.4, 0.5) is 0 Å². The Morgan fingerprint density at radius 2 is 1.85 bits per heavy atom. The van der Waals surface area contributed by atoms with Crippen LogP contribution in [-0.2, 0) is 9.59 Å². The monoisotopic (exact) mass is 478 g/mol. The molecule has 2 unspecified atom stereocenters. The van der Waals surface area contributed by atoms with E-state index in [2.05, 4.69) is 31.3 Å². The number of benzene rings is 1. The first kappa shape index (κ1) is 24.0. The summed E-state index contributed by atoms with van der Waals surface area (Å²) in [4.78, 5) is 38.8. The zero-order valence-electron chi connectivity index (χ0n) is 19.7. The van der Waals surface area contributed by atoms with Crippen molar-refractivity contribution in [2.75, 3.05) is 0 Å². The van der Waals surface area contributed by atoms with E-state index in [1.807, 2.05) is 30.5 Å². The summed E-state index contributed by atoms with van der Waals surface area (Å²) in [5.74, 6) is -0.890. The third-order valence-corrected chi connectivity index (χ3v) is 7.41. The molecule has 2 N–H and O–H groups in total. The Labute approximate surface area is 203 Å². The molecule has 0 bridgehead atoms. The molecule has 0 aliphatic heterocycles. The van der Waals surface area contributed by atoms with Gasteiger partial charge in [0.05, 0.1) is 12.5 Å². The van der Waals surface area contributed by atoms with E-state index in [0.29, 0.717) is 12.3 Å². The van der Waals surface area contributed by atoms with E-state index in [4.69, 9.17) is 0 Å². The fraction of sp³-hybridized carbons (Fsp3) is 0.370. The quantitative estimate of drug-likeness (QED) is 0.444. The second-order valence-electron chi connectivity index (χ2n) is 9.31. The highest BCUT2D eigenvalue weighted by Gasteiger charge is 2.32. The maximum atomic E-state index is 13.4. The second kappa shape index (κ2) is 9.97. The minimum atomic E-state index is -0.989. The zero-order valence-corrected chi connectivity index (χ0v) is 20.5. The molecule has 0 radical (unpaired) electrons. The van der Waals surface area contributed by atoms with Crippen LogP contribution in [0.25, 0.3) is 10.4 Å². The van der Waals surface area contributed by atoms with Gasteiger partial charge in [0, 0.05) is 17.1 Å². The Hall–Kier alpha value is -3.19. The van der Waals surface area contributed by atoms with Gasteiger partial charge in [-0.1, -0.05) is 31.0 Å². The van der Waals surface area contributed by atoms with Crippen molar-refractivity contribution in [1.82, 2.24) is 9.88 Å². The number of carboxylic acid groups (broad SMARTS) is 1. The summed E-state index contributed by atoms with van der Waals surface area (Å²) in [6.45, 7) is 5.95. The van der Waals surface area contributed by atoms with E-state index in [-0.39, 0.29) is 17.9 Å². The van der Waals surface area contributed by atoms with E-state index < -0.39 is 18.1 Å². The Bertz CT molecular complexity index is 1250. The highest BCUT2D eigenvalue weighted by molar-refractivity contribution is 7.13. The Kier molecular flexibility index (Phi) is 7.03. The van der Waals surface area contributed by atoms with E-state index in [0.717, 1.165) is 45.5 Å². The van der Waals surface area contributed by atoms with Crippen LogP contribution in [0.2, 0.25) is 0 Å². The summed E-state index contributed by atoms with van der Waals surface area (Å²) in [5, 5.41) is 14.4. The van der Waals surface area contributed by atoms with Gasteiger partial charge in [0.1, 0.15) is 6.04 Å². The first-order valence-corrected chi connectivity index (χ1v) is 12.5. The SMILES string of the molecule is Cc1ccn(C(CC2CC2)C(=O)NC(CC(=O)O)c2csc(-c3c(C)cccc3C)c2)c(=O)c1. The highest BCUT2D eigenvalue weighted by Crippen LogP contribution is 2.38. The average Bonchev–Trinajstić information content (AvgIpc) is 3.46. The molecule has 0 spiro atoms. The lowest BCUT2D eigenvalue weighted by atomic mass is 9.99. The van der Waals surface area contributed by atoms with Gasteiger partial charge in [0.25, 0.3) is 5.56 Å². The predicted octanol–water partition coefficient (Wildman–Crippen LogP) is 5.18. The van der Waals surface area contributed by atoms with Crippen LogP contribution in [0, 0.1) is 26.7 Å². The summed E-state index contributed by atoms with van der Waals surface area (Å²) in [5.41, 5.74) is 4.82. The minimum absolute atomic E-state index is 0.219. The van der Waals surface area contributed by atoms with Crippen LogP contribution in [0.5, 0.6) is 0 Å². The normalized spacial score (nSPS) is 15.0. The van der Waals surface area contributed by atoms with Crippen molar-refractivity contribution in [3.63, 3.8) is 0 Å². The number of aliphatic carboxylic acids is 1. The number of hydrogen-bond donors (Lipinski definition) is 2. The Morgan fingerprint density at radius 1 is 1.15 bits per heavy atom. The lowest BCUT2D eigenvalue weighted by molar-refractivity contribution is -0.138. The molecule has 178 valence electrons. The number of amides is 1. The van der Waals surface area contributed by atoms with Crippen molar-refractivity contribution in [3.05, 3.63) is 80.6 Å². The van der Waals surface area contributed by atoms with Gasteiger partial charge in [-0.2, -0.15) is 0 Å². The summed E-state index contributed by atoms with van der Waals surface area (Å²) < 4.78 is 1.48. The van der Waals surface area contributed by atoms with Crippen LogP contribution in [0.3, 0.4) is 0 Å². The fourth-order valence-electron chi connectivity index (χ4n) is 4.43. The number of aryl methyl sites for hydroxylation is 3. The molecule has 1 fully saturated rings. The van der Waals surface area contributed by atoms with E-state index in [1.165, 1.54) is 10.6 Å². The number of carboxylic acids is 1. The number of thiophene rings is 1. The molecule has 1 amide bonds. The van der Waals surface area contributed by atoms with Gasteiger partial charge in [-0.05, 0) is 78.4 Å². The number of pyridine rings is 1. The van der Waals surface area contributed by atoms with Gasteiger partial charge in [-0.25, -0.2) is 0 Å². The molecule has 4 rings (SSSR count). The lowest BCUT2D eigenvalue weighted by Gasteiger charge is -2.23. The number of carbonyl (C=O) groups is 2. The molecule has 2 atom stereocenters. The first-order valence-electron chi connectivity index (χ1n) is 11.6. The largest absolute Gasteiger partial charge is 0.481 e. The number of aromatic nitrogens is 1. The molecule has 7 heteroatoms. The molecular formula is C27H30N2O4S. The second-order valence-corrected chi connectivity index (χ2v) is 10.2. The molecule has 3 aromatic rings. The van der Waals surface area contributed by atoms with Gasteiger partial charge < -0.3 is 15.0 Å². The predicted molar refractivity (Wildman–Crippen MR) is 134 cm³/mol. The Morgan fingerprint density at radius 3 is 2.47 bits per heavy atom. The van der Waals surface area contributed by atoms with Gasteiger partial charge in [-0.3, -0.25) is 14.4 Å². The molecule has 0 saturated heterocycles. The van der Waals surface area contributed by atoms with Crippen molar-refractivity contribution < 1.29 is 14.7 Å². The van der Waals surface area contributed by atoms with E-state index >= 15 is 0 Å². The number of carbonyl (C=O) groups excluding carboxylic acids is 1. The van der Waals surface area contributed by atoms with Crippen LogP contribution >= 0.6 is 11.3 Å². The molecule has 1 aliphatic rings. The number of hydrogen-bond acceptors (Lipinski definition) is 4. The van der Waals surface area contributed by atoms with E-state index in [1.54, 1.807) is 17.5 Å². The fourth-order valence-corrected chi connectivity index (χ4v) is 5.56. The standard InChI is InChI=1S/C27H30N2O4S/c1-16-9-10-29(24(30)11-16)22(12-19-7-8-19)27(33)28-21(14-25(31)32)20-13-23(34-15-20)26-17(2)5-4-6-18(26)3/h4-6,9-11,13,15,19,21-22H,7-8,12,14H2,1-3H3,(H,28,33)(H,31,32). The smallest absolute Gasteiger partial charge is 0.305 e. The zero-order chi connectivity index (χ0) is 24.4. The van der Waals surface area contributed by atoms with Crippen molar-refractivity contribution in [2.24, 2.45) is 5.92 Å². The van der Waals surface area contributed by atoms with Gasteiger partial charge >= 0.3 is 5.97 Å².